The highest BCUT2D eigenvalue weighted by Gasteiger charge is 2.19. The average Bonchev–Trinajstić information content (AvgIpc) is 3.52. The van der Waals surface area contributed by atoms with Crippen LogP contribution in [0.4, 0.5) is 10.5 Å². The molecule has 0 fully saturated rings. The van der Waals surface area contributed by atoms with Crippen molar-refractivity contribution in [2.75, 3.05) is 19.0 Å². The van der Waals surface area contributed by atoms with Gasteiger partial charge in [-0.1, -0.05) is 5.16 Å². The Hall–Kier alpha value is -4.20. The summed E-state index contributed by atoms with van der Waals surface area (Å²) in [7, 11) is 1.62. The lowest BCUT2D eigenvalue weighted by Gasteiger charge is -2.21. The fourth-order valence-corrected chi connectivity index (χ4v) is 3.27. The van der Waals surface area contributed by atoms with Crippen molar-refractivity contribution in [2.24, 2.45) is 0 Å². The van der Waals surface area contributed by atoms with Gasteiger partial charge in [0.15, 0.2) is 5.76 Å². The van der Waals surface area contributed by atoms with Crippen LogP contribution in [0.15, 0.2) is 81.9 Å². The van der Waals surface area contributed by atoms with Gasteiger partial charge in [0.25, 0.3) is 0 Å². The first-order valence-electron chi connectivity index (χ1n) is 10.6. The Bertz CT molecular complexity index is 1150. The van der Waals surface area contributed by atoms with Crippen LogP contribution in [0, 0.1) is 0 Å². The van der Waals surface area contributed by atoms with Crippen LogP contribution < -0.4 is 14.8 Å². The Morgan fingerprint density at radius 3 is 2.45 bits per heavy atom. The van der Waals surface area contributed by atoms with Crippen LogP contribution in [0.2, 0.25) is 0 Å². The van der Waals surface area contributed by atoms with E-state index >= 15 is 0 Å². The fourth-order valence-electron chi connectivity index (χ4n) is 3.27. The summed E-state index contributed by atoms with van der Waals surface area (Å²) in [6.45, 7) is 3.02. The van der Waals surface area contributed by atoms with Gasteiger partial charge in [0.05, 0.1) is 33.1 Å². The van der Waals surface area contributed by atoms with Gasteiger partial charge in [0, 0.05) is 17.3 Å². The number of urea groups is 1. The smallest absolute Gasteiger partial charge is 0.322 e. The highest BCUT2D eigenvalue weighted by molar-refractivity contribution is 5.89. The molecule has 0 aliphatic heterocycles. The molecule has 170 valence electrons. The Kier molecular flexibility index (Phi) is 6.94. The SMILES string of the molecule is CCOc1ccc(NC(=O)N(Cc2cc(-c3ccc(OC)cc3)on2)Cc2ccco2)cc1. The predicted octanol–water partition coefficient (Wildman–Crippen LogP) is 5.58. The highest BCUT2D eigenvalue weighted by Crippen LogP contribution is 2.24. The fraction of sp³-hybridized carbons (Fsp3) is 0.200. The maximum Gasteiger partial charge on any atom is 0.322 e. The summed E-state index contributed by atoms with van der Waals surface area (Å²) in [5.41, 5.74) is 2.15. The Morgan fingerprint density at radius 2 is 1.79 bits per heavy atom. The zero-order chi connectivity index (χ0) is 23.0. The molecule has 0 atom stereocenters. The summed E-state index contributed by atoms with van der Waals surface area (Å²) in [6.07, 6.45) is 1.58. The number of anilines is 1. The number of benzene rings is 2. The number of hydrogen-bond acceptors (Lipinski definition) is 6. The molecule has 0 saturated carbocycles. The van der Waals surface area contributed by atoms with Crippen LogP contribution >= 0.6 is 0 Å². The number of nitrogens with one attached hydrogen (secondary N) is 1. The van der Waals surface area contributed by atoms with Gasteiger partial charge in [-0.05, 0) is 67.6 Å². The van der Waals surface area contributed by atoms with Crippen LogP contribution in [-0.2, 0) is 13.1 Å². The second-order valence-corrected chi connectivity index (χ2v) is 7.23. The highest BCUT2D eigenvalue weighted by atomic mass is 16.5. The van der Waals surface area contributed by atoms with Crippen LogP contribution in [0.5, 0.6) is 11.5 Å². The van der Waals surface area contributed by atoms with E-state index in [9.17, 15) is 4.79 Å². The van der Waals surface area contributed by atoms with E-state index in [4.69, 9.17) is 18.4 Å². The van der Waals surface area contributed by atoms with Gasteiger partial charge in [-0.15, -0.1) is 0 Å². The number of aromatic nitrogens is 1. The molecule has 0 bridgehead atoms. The Morgan fingerprint density at radius 1 is 1.03 bits per heavy atom. The molecule has 2 amide bonds. The molecule has 2 heterocycles. The van der Waals surface area contributed by atoms with E-state index in [1.54, 1.807) is 36.5 Å². The third-order valence-corrected chi connectivity index (χ3v) is 4.92. The van der Waals surface area contributed by atoms with E-state index in [0.29, 0.717) is 29.5 Å². The number of furan rings is 1. The van der Waals surface area contributed by atoms with Crippen molar-refractivity contribution in [3.63, 3.8) is 0 Å². The van der Waals surface area contributed by atoms with E-state index in [1.165, 1.54) is 0 Å². The molecule has 0 spiro atoms. The van der Waals surface area contributed by atoms with E-state index in [1.807, 2.05) is 55.5 Å². The first kappa shape index (κ1) is 22.0. The zero-order valence-corrected chi connectivity index (χ0v) is 18.5. The molecule has 0 unspecified atom stereocenters. The van der Waals surface area contributed by atoms with E-state index in [2.05, 4.69) is 10.5 Å². The van der Waals surface area contributed by atoms with Gasteiger partial charge in [-0.25, -0.2) is 4.79 Å². The number of ether oxygens (including phenoxy) is 2. The minimum absolute atomic E-state index is 0.239. The first-order chi connectivity index (χ1) is 16.1. The maximum atomic E-state index is 13.1. The monoisotopic (exact) mass is 447 g/mol. The molecule has 1 N–H and O–H groups in total. The molecular formula is C25H25N3O5. The molecule has 2 aromatic heterocycles. The molecule has 4 aromatic rings. The largest absolute Gasteiger partial charge is 0.497 e. The number of carbonyl (C=O) groups excluding carboxylic acids is 1. The van der Waals surface area contributed by atoms with Gasteiger partial charge in [0.2, 0.25) is 0 Å². The Labute approximate surface area is 191 Å². The van der Waals surface area contributed by atoms with Crippen molar-refractivity contribution in [1.29, 1.82) is 0 Å². The lowest BCUT2D eigenvalue weighted by Crippen LogP contribution is -2.34. The predicted molar refractivity (Wildman–Crippen MR) is 123 cm³/mol. The molecule has 8 heteroatoms. The van der Waals surface area contributed by atoms with Gasteiger partial charge in [-0.3, -0.25) is 0 Å². The van der Waals surface area contributed by atoms with Gasteiger partial charge in [0.1, 0.15) is 23.0 Å². The molecule has 0 aliphatic rings. The van der Waals surface area contributed by atoms with E-state index in [-0.39, 0.29) is 19.1 Å². The number of methoxy groups -OCH3 is 1. The molecule has 0 aliphatic carbocycles. The maximum absolute atomic E-state index is 13.1. The second-order valence-electron chi connectivity index (χ2n) is 7.23. The number of amides is 2. The van der Waals surface area contributed by atoms with Crippen LogP contribution in [0.1, 0.15) is 18.4 Å². The van der Waals surface area contributed by atoms with Gasteiger partial charge < -0.3 is 28.6 Å². The number of carbonyl (C=O) groups is 1. The third kappa shape index (κ3) is 5.74. The normalized spacial score (nSPS) is 10.6. The topological polar surface area (TPSA) is 90.0 Å². The minimum atomic E-state index is -0.287. The molecule has 33 heavy (non-hydrogen) atoms. The van der Waals surface area contributed by atoms with Crippen molar-refractivity contribution in [2.45, 2.75) is 20.0 Å². The van der Waals surface area contributed by atoms with E-state index < -0.39 is 0 Å². The molecule has 4 rings (SSSR count). The first-order valence-corrected chi connectivity index (χ1v) is 10.6. The van der Waals surface area contributed by atoms with E-state index in [0.717, 1.165) is 17.1 Å². The van der Waals surface area contributed by atoms with Crippen molar-refractivity contribution in [3.05, 3.63) is 84.4 Å². The second kappa shape index (κ2) is 10.4. The summed E-state index contributed by atoms with van der Waals surface area (Å²) >= 11 is 0. The Balaban J connectivity index is 1.48. The quantitative estimate of drug-likeness (QED) is 0.360. The van der Waals surface area contributed by atoms with Crippen molar-refractivity contribution >= 4 is 11.7 Å². The average molecular weight is 447 g/mol. The van der Waals surface area contributed by atoms with Crippen LogP contribution in [0.25, 0.3) is 11.3 Å². The lowest BCUT2D eigenvalue weighted by atomic mass is 10.1. The molecule has 2 aromatic carbocycles. The minimum Gasteiger partial charge on any atom is -0.497 e. The van der Waals surface area contributed by atoms with Gasteiger partial charge in [-0.2, -0.15) is 0 Å². The van der Waals surface area contributed by atoms with Crippen LogP contribution in [-0.4, -0.2) is 29.8 Å². The summed E-state index contributed by atoms with van der Waals surface area (Å²) < 4.78 is 21.6. The summed E-state index contributed by atoms with van der Waals surface area (Å²) in [5, 5.41) is 7.06. The summed E-state index contributed by atoms with van der Waals surface area (Å²) in [6, 6.07) is 19.9. The van der Waals surface area contributed by atoms with Gasteiger partial charge >= 0.3 is 6.03 Å². The molecular weight excluding hydrogens is 422 g/mol. The number of hydrogen-bond donors (Lipinski definition) is 1. The third-order valence-electron chi connectivity index (χ3n) is 4.92. The summed E-state index contributed by atoms with van der Waals surface area (Å²) in [4.78, 5) is 14.7. The number of rotatable bonds is 9. The lowest BCUT2D eigenvalue weighted by molar-refractivity contribution is 0.199. The molecule has 8 nitrogen and oxygen atoms in total. The van der Waals surface area contributed by atoms with Crippen molar-refractivity contribution < 1.29 is 23.2 Å². The van der Waals surface area contributed by atoms with Crippen molar-refractivity contribution in [1.82, 2.24) is 10.1 Å². The zero-order valence-electron chi connectivity index (χ0n) is 18.5. The standard InChI is InChI=1S/C25H25N3O5/c1-3-31-22-12-8-19(9-13-22)26-25(29)28(17-23-5-4-14-32-23)16-20-15-24(33-27-20)18-6-10-21(30-2)11-7-18/h4-15H,3,16-17H2,1-2H3,(H,26,29). The molecule has 0 saturated heterocycles. The number of nitrogens with zero attached hydrogens (tertiary/aromatic N) is 2. The summed E-state index contributed by atoms with van der Waals surface area (Å²) in [5.74, 6) is 2.78. The van der Waals surface area contributed by atoms with Crippen molar-refractivity contribution in [3.8, 4) is 22.8 Å². The van der Waals surface area contributed by atoms with Crippen LogP contribution in [0.3, 0.4) is 0 Å². The molecule has 0 radical (unpaired) electrons.